The monoisotopic (exact) mass is 568 g/mol. The summed E-state index contributed by atoms with van der Waals surface area (Å²) in [6.07, 6.45) is 12.3. The van der Waals surface area contributed by atoms with E-state index in [1.54, 1.807) is 21.9 Å². The van der Waals surface area contributed by atoms with E-state index in [0.29, 0.717) is 5.41 Å². The van der Waals surface area contributed by atoms with E-state index >= 15 is 0 Å². The predicted octanol–water partition coefficient (Wildman–Crippen LogP) is 5.36. The van der Waals surface area contributed by atoms with E-state index in [4.69, 9.17) is 0 Å². The number of piperazine rings is 1. The first kappa shape index (κ1) is 28.2. The maximum Gasteiger partial charge on any atom is 0.350 e. The van der Waals surface area contributed by atoms with Gasteiger partial charge in [0.25, 0.3) is 0 Å². The average molecular weight is 569 g/mol. The van der Waals surface area contributed by atoms with Gasteiger partial charge in [-0.05, 0) is 98.7 Å². The van der Waals surface area contributed by atoms with E-state index in [0.717, 1.165) is 57.2 Å². The van der Waals surface area contributed by atoms with Gasteiger partial charge in [-0.25, -0.2) is 19.0 Å². The number of benzene rings is 2. The Balaban J connectivity index is 0.977. The molecule has 2 aromatic heterocycles. The summed E-state index contributed by atoms with van der Waals surface area (Å²) < 4.78 is 5.18. The number of aryl methyl sites for hydroxylation is 1. The highest BCUT2D eigenvalue weighted by molar-refractivity contribution is 5.54. The van der Waals surface area contributed by atoms with E-state index < -0.39 is 0 Å². The molecule has 1 aliphatic heterocycles. The molecule has 9 nitrogen and oxygen atoms in total. The molecule has 0 radical (unpaired) electrons. The quantitative estimate of drug-likeness (QED) is 0.256. The molecule has 3 heterocycles. The maximum atomic E-state index is 12.8. The summed E-state index contributed by atoms with van der Waals surface area (Å²) >= 11 is 0. The lowest BCUT2D eigenvalue weighted by atomic mass is 9.86. The van der Waals surface area contributed by atoms with Crippen LogP contribution in [0.1, 0.15) is 64.5 Å². The summed E-state index contributed by atoms with van der Waals surface area (Å²) in [6, 6.07) is 17.6. The van der Waals surface area contributed by atoms with Crippen LogP contribution in [0.15, 0.2) is 72.3 Å². The molecule has 222 valence electrons. The molecule has 4 aromatic rings. The van der Waals surface area contributed by atoms with Crippen molar-refractivity contribution < 1.29 is 0 Å². The molecular formula is C33H44N8O. The molecule has 2 aromatic carbocycles. The van der Waals surface area contributed by atoms with Crippen molar-refractivity contribution in [3.63, 3.8) is 0 Å². The zero-order valence-corrected chi connectivity index (χ0v) is 25.3. The Morgan fingerprint density at radius 1 is 0.905 bits per heavy atom. The van der Waals surface area contributed by atoms with Gasteiger partial charge in [0, 0.05) is 44.1 Å². The zero-order chi connectivity index (χ0) is 29.1. The lowest BCUT2D eigenvalue weighted by molar-refractivity contribution is 0.254. The highest BCUT2D eigenvalue weighted by Crippen LogP contribution is 2.44. The number of anilines is 2. The molecule has 2 aliphatic rings. The first-order chi connectivity index (χ1) is 20.4. The SMILES string of the molecule is CCC(C)n1ncn(-c2ccc(N3CCN(c4ccc(CCC5CC[C@](C)(Cn6cncn6)C5)cc4)CC3)cc2)c1=O. The van der Waals surface area contributed by atoms with Crippen LogP contribution < -0.4 is 15.5 Å². The molecule has 3 atom stereocenters. The van der Waals surface area contributed by atoms with Gasteiger partial charge < -0.3 is 9.80 Å². The Morgan fingerprint density at radius 3 is 2.17 bits per heavy atom. The molecule has 2 fully saturated rings. The molecule has 0 N–H and O–H groups in total. The van der Waals surface area contributed by atoms with Crippen LogP contribution in [0, 0.1) is 11.3 Å². The number of rotatable bonds is 10. The van der Waals surface area contributed by atoms with Crippen LogP contribution in [0.2, 0.25) is 0 Å². The molecule has 42 heavy (non-hydrogen) atoms. The van der Waals surface area contributed by atoms with Gasteiger partial charge in [-0.2, -0.15) is 10.2 Å². The van der Waals surface area contributed by atoms with Gasteiger partial charge >= 0.3 is 5.69 Å². The summed E-state index contributed by atoms with van der Waals surface area (Å²) in [6.45, 7) is 11.4. The minimum atomic E-state index is -0.0855. The van der Waals surface area contributed by atoms with Crippen molar-refractivity contribution in [1.29, 1.82) is 0 Å². The van der Waals surface area contributed by atoms with Crippen LogP contribution in [0.4, 0.5) is 11.4 Å². The second kappa shape index (κ2) is 12.2. The van der Waals surface area contributed by atoms with E-state index in [1.165, 1.54) is 42.6 Å². The number of hydrogen-bond donors (Lipinski definition) is 0. The van der Waals surface area contributed by atoms with Crippen LogP contribution in [0.3, 0.4) is 0 Å². The van der Waals surface area contributed by atoms with Gasteiger partial charge in [0.05, 0.1) is 11.7 Å². The van der Waals surface area contributed by atoms with Crippen LogP contribution in [-0.4, -0.2) is 55.3 Å². The van der Waals surface area contributed by atoms with Crippen molar-refractivity contribution in [3.05, 3.63) is 83.6 Å². The highest BCUT2D eigenvalue weighted by atomic mass is 16.2. The van der Waals surface area contributed by atoms with Gasteiger partial charge in [-0.3, -0.25) is 4.68 Å². The lowest BCUT2D eigenvalue weighted by Crippen LogP contribution is -2.46. The molecule has 9 heteroatoms. The molecule has 0 amide bonds. The maximum absolute atomic E-state index is 12.8. The third kappa shape index (κ3) is 6.15. The summed E-state index contributed by atoms with van der Waals surface area (Å²) in [7, 11) is 0. The second-order valence-electron chi connectivity index (χ2n) is 12.7. The molecule has 2 unspecified atom stereocenters. The van der Waals surface area contributed by atoms with Gasteiger partial charge in [-0.15, -0.1) is 0 Å². The van der Waals surface area contributed by atoms with Crippen LogP contribution in [-0.2, 0) is 13.0 Å². The molecular weight excluding hydrogens is 524 g/mol. The Kier molecular flexibility index (Phi) is 8.18. The molecule has 0 spiro atoms. The summed E-state index contributed by atoms with van der Waals surface area (Å²) in [5.74, 6) is 0.795. The minimum Gasteiger partial charge on any atom is -0.368 e. The normalized spacial score (nSPS) is 21.6. The lowest BCUT2D eigenvalue weighted by Gasteiger charge is -2.37. The van der Waals surface area contributed by atoms with Crippen molar-refractivity contribution in [1.82, 2.24) is 29.1 Å². The zero-order valence-electron chi connectivity index (χ0n) is 25.3. The van der Waals surface area contributed by atoms with Crippen LogP contribution in [0.5, 0.6) is 0 Å². The van der Waals surface area contributed by atoms with Gasteiger partial charge in [0.1, 0.15) is 19.0 Å². The molecule has 1 saturated heterocycles. The van der Waals surface area contributed by atoms with E-state index in [-0.39, 0.29) is 11.7 Å². The summed E-state index contributed by atoms with van der Waals surface area (Å²) in [4.78, 5) is 21.8. The first-order valence-electron chi connectivity index (χ1n) is 15.6. The van der Waals surface area contributed by atoms with Crippen molar-refractivity contribution in [2.45, 2.75) is 71.9 Å². The fourth-order valence-corrected chi connectivity index (χ4v) is 6.81. The molecule has 6 rings (SSSR count). The molecule has 1 saturated carbocycles. The molecule has 0 bridgehead atoms. The fourth-order valence-electron chi connectivity index (χ4n) is 6.81. The van der Waals surface area contributed by atoms with Gasteiger partial charge in [0.2, 0.25) is 0 Å². The Hall–Kier alpha value is -3.88. The smallest absolute Gasteiger partial charge is 0.350 e. The summed E-state index contributed by atoms with van der Waals surface area (Å²) in [5.41, 5.74) is 5.05. The Bertz CT molecular complexity index is 1480. The van der Waals surface area contributed by atoms with Crippen molar-refractivity contribution >= 4 is 11.4 Å². The van der Waals surface area contributed by atoms with Crippen molar-refractivity contribution in [2.24, 2.45) is 11.3 Å². The fraction of sp³-hybridized carbons (Fsp3) is 0.515. The van der Waals surface area contributed by atoms with Crippen LogP contribution >= 0.6 is 0 Å². The average Bonchev–Trinajstić information content (AvgIpc) is 3.77. The summed E-state index contributed by atoms with van der Waals surface area (Å²) in [5, 5.41) is 8.63. The standard InChI is InChI=1S/C33H44N8O/c1-4-26(2)41-32(42)40(25-36-41)31-13-11-30(12-14-31)38-19-17-37(18-20-38)29-9-7-27(8-10-29)5-6-28-15-16-33(3,21-28)22-39-24-34-23-35-39/h7-14,23-26,28H,4-6,15-22H2,1-3H3/t26?,28?,33-/m0/s1. The number of hydrogen-bond acceptors (Lipinski definition) is 6. The first-order valence-corrected chi connectivity index (χ1v) is 15.6. The van der Waals surface area contributed by atoms with Crippen molar-refractivity contribution in [3.8, 4) is 5.69 Å². The predicted molar refractivity (Wildman–Crippen MR) is 167 cm³/mol. The van der Waals surface area contributed by atoms with Crippen molar-refractivity contribution in [2.75, 3.05) is 36.0 Å². The topological polar surface area (TPSA) is 77.0 Å². The van der Waals surface area contributed by atoms with E-state index in [1.807, 2.05) is 30.1 Å². The highest BCUT2D eigenvalue weighted by Gasteiger charge is 2.35. The third-order valence-electron chi connectivity index (χ3n) is 9.57. The minimum absolute atomic E-state index is 0.0855. The largest absolute Gasteiger partial charge is 0.368 e. The second-order valence-corrected chi connectivity index (χ2v) is 12.7. The molecule has 1 aliphatic carbocycles. The van der Waals surface area contributed by atoms with E-state index in [2.05, 4.69) is 75.2 Å². The van der Waals surface area contributed by atoms with E-state index in [9.17, 15) is 4.79 Å². The van der Waals surface area contributed by atoms with Gasteiger partial charge in [0.15, 0.2) is 0 Å². The number of aromatic nitrogens is 6. The third-order valence-corrected chi connectivity index (χ3v) is 9.57. The Morgan fingerprint density at radius 2 is 1.55 bits per heavy atom. The van der Waals surface area contributed by atoms with Crippen LogP contribution in [0.25, 0.3) is 5.69 Å². The van der Waals surface area contributed by atoms with Gasteiger partial charge in [-0.1, -0.05) is 26.0 Å². The Labute approximate surface area is 248 Å². The number of nitrogens with zero attached hydrogens (tertiary/aromatic N) is 8.